The monoisotopic (exact) mass is 292 g/mol. The van der Waals surface area contributed by atoms with Gasteiger partial charge in [-0.3, -0.25) is 10.1 Å². The van der Waals surface area contributed by atoms with Crippen LogP contribution in [-0.4, -0.2) is 18.6 Å². The molecule has 0 aliphatic carbocycles. The summed E-state index contributed by atoms with van der Waals surface area (Å²) in [6.45, 7) is 4.15. The summed E-state index contributed by atoms with van der Waals surface area (Å²) in [5.41, 5.74) is -0.421. The highest BCUT2D eigenvalue weighted by molar-refractivity contribution is 5.50. The number of nitro benzene ring substituents is 1. The lowest BCUT2D eigenvalue weighted by Crippen LogP contribution is -2.08. The zero-order valence-corrected chi connectivity index (χ0v) is 12.6. The molecule has 0 amide bonds. The van der Waals surface area contributed by atoms with Gasteiger partial charge in [-0.2, -0.15) is 5.26 Å². The molecule has 1 rings (SSSR count). The molecule has 0 unspecified atom stereocenters. The minimum Gasteiger partial charge on any atom is -0.497 e. The summed E-state index contributed by atoms with van der Waals surface area (Å²) in [4.78, 5) is 10.5. The van der Waals surface area contributed by atoms with E-state index in [4.69, 9.17) is 14.7 Å². The Hall–Kier alpha value is -2.29. The molecule has 0 radical (unpaired) electrons. The number of nitro groups is 1. The van der Waals surface area contributed by atoms with E-state index in [2.05, 4.69) is 6.07 Å². The van der Waals surface area contributed by atoms with Crippen LogP contribution in [0.5, 0.6) is 11.5 Å². The van der Waals surface area contributed by atoms with E-state index in [1.165, 1.54) is 25.3 Å². The Kier molecular flexibility index (Phi) is 5.97. The Balaban J connectivity index is 2.55. The topological polar surface area (TPSA) is 85.4 Å². The maximum atomic E-state index is 10.9. The number of hydrogen-bond donors (Lipinski definition) is 0. The molecule has 0 heterocycles. The van der Waals surface area contributed by atoms with Crippen LogP contribution in [-0.2, 0) is 0 Å². The molecule has 0 saturated heterocycles. The fraction of sp³-hybridized carbons (Fsp3) is 0.533. The van der Waals surface area contributed by atoms with Crippen molar-refractivity contribution in [2.45, 2.75) is 33.1 Å². The van der Waals surface area contributed by atoms with Crippen LogP contribution in [0.1, 0.15) is 33.1 Å². The third-order valence-electron chi connectivity index (χ3n) is 3.12. The number of benzene rings is 1. The minimum atomic E-state index is -0.479. The van der Waals surface area contributed by atoms with Crippen molar-refractivity contribution in [2.24, 2.45) is 5.41 Å². The maximum Gasteiger partial charge on any atom is 0.311 e. The van der Waals surface area contributed by atoms with Crippen molar-refractivity contribution in [1.82, 2.24) is 0 Å². The number of nitriles is 1. The first-order valence-electron chi connectivity index (χ1n) is 6.76. The van der Waals surface area contributed by atoms with Gasteiger partial charge in [0.05, 0.1) is 30.1 Å². The summed E-state index contributed by atoms with van der Waals surface area (Å²) in [7, 11) is 1.49. The summed E-state index contributed by atoms with van der Waals surface area (Å²) < 4.78 is 10.5. The number of ether oxygens (including phenoxy) is 2. The van der Waals surface area contributed by atoms with E-state index in [-0.39, 0.29) is 16.9 Å². The second-order valence-corrected chi connectivity index (χ2v) is 5.39. The predicted molar refractivity (Wildman–Crippen MR) is 78.4 cm³/mol. The van der Waals surface area contributed by atoms with Crippen LogP contribution >= 0.6 is 0 Å². The highest BCUT2D eigenvalue weighted by Gasteiger charge is 2.17. The lowest BCUT2D eigenvalue weighted by molar-refractivity contribution is -0.385. The molecular weight excluding hydrogens is 272 g/mol. The second-order valence-electron chi connectivity index (χ2n) is 5.39. The van der Waals surface area contributed by atoms with Crippen LogP contribution in [0.2, 0.25) is 0 Å². The average molecular weight is 292 g/mol. The second kappa shape index (κ2) is 7.48. The summed E-state index contributed by atoms with van der Waals surface area (Å²) in [5, 5.41) is 19.8. The van der Waals surface area contributed by atoms with Crippen LogP contribution in [0.4, 0.5) is 5.69 Å². The van der Waals surface area contributed by atoms with Gasteiger partial charge in [0.25, 0.3) is 0 Å². The third kappa shape index (κ3) is 5.30. The van der Waals surface area contributed by atoms with Gasteiger partial charge in [0.1, 0.15) is 5.75 Å². The van der Waals surface area contributed by atoms with Crippen molar-refractivity contribution in [3.05, 3.63) is 28.3 Å². The summed E-state index contributed by atoms with van der Waals surface area (Å²) in [6, 6.07) is 6.65. The Morgan fingerprint density at radius 2 is 2.10 bits per heavy atom. The van der Waals surface area contributed by atoms with Crippen molar-refractivity contribution in [3.63, 3.8) is 0 Å². The lowest BCUT2D eigenvalue weighted by atomic mass is 9.89. The first-order valence-corrected chi connectivity index (χ1v) is 6.76. The fourth-order valence-electron chi connectivity index (χ4n) is 1.79. The summed E-state index contributed by atoms with van der Waals surface area (Å²) >= 11 is 0. The van der Waals surface area contributed by atoms with Gasteiger partial charge in [0.2, 0.25) is 5.75 Å². The molecule has 0 N–H and O–H groups in total. The van der Waals surface area contributed by atoms with Gasteiger partial charge < -0.3 is 9.47 Å². The van der Waals surface area contributed by atoms with Gasteiger partial charge >= 0.3 is 5.69 Å². The Labute approximate surface area is 124 Å². The molecule has 6 nitrogen and oxygen atoms in total. The first kappa shape index (κ1) is 16.8. The largest absolute Gasteiger partial charge is 0.497 e. The van der Waals surface area contributed by atoms with E-state index >= 15 is 0 Å². The molecule has 1 aromatic carbocycles. The van der Waals surface area contributed by atoms with Crippen LogP contribution in [0.25, 0.3) is 0 Å². The van der Waals surface area contributed by atoms with Crippen LogP contribution < -0.4 is 9.47 Å². The first-order chi connectivity index (χ1) is 9.89. The van der Waals surface area contributed by atoms with Crippen molar-refractivity contribution >= 4 is 5.69 Å². The molecule has 0 bridgehead atoms. The predicted octanol–water partition coefficient (Wildman–Crippen LogP) is 3.70. The molecule has 1 aromatic rings. The zero-order valence-electron chi connectivity index (χ0n) is 12.6. The molecule has 0 spiro atoms. The van der Waals surface area contributed by atoms with Gasteiger partial charge in [-0.25, -0.2) is 0 Å². The van der Waals surface area contributed by atoms with E-state index < -0.39 is 4.92 Å². The highest BCUT2D eigenvalue weighted by atomic mass is 16.6. The van der Waals surface area contributed by atoms with Crippen molar-refractivity contribution in [3.8, 4) is 17.6 Å². The molecule has 0 atom stereocenters. The summed E-state index contributed by atoms with van der Waals surface area (Å²) in [6.07, 6.45) is 2.34. The average Bonchev–Trinajstić information content (AvgIpc) is 2.46. The summed E-state index contributed by atoms with van der Waals surface area (Å²) in [5.74, 6) is 0.722. The van der Waals surface area contributed by atoms with E-state index in [1.54, 1.807) is 0 Å². The smallest absolute Gasteiger partial charge is 0.311 e. The van der Waals surface area contributed by atoms with E-state index in [9.17, 15) is 10.1 Å². The number of methoxy groups -OCH3 is 1. The normalized spacial score (nSPS) is 10.8. The molecule has 0 aliphatic rings. The van der Waals surface area contributed by atoms with Gasteiger partial charge in [0, 0.05) is 12.1 Å². The van der Waals surface area contributed by atoms with Gasteiger partial charge in [-0.15, -0.1) is 0 Å². The highest BCUT2D eigenvalue weighted by Crippen LogP contribution is 2.31. The number of unbranched alkanes of at least 4 members (excludes halogenated alkanes) is 1. The van der Waals surface area contributed by atoms with Gasteiger partial charge in [-0.05, 0) is 39.2 Å². The maximum absolute atomic E-state index is 10.9. The van der Waals surface area contributed by atoms with Gasteiger partial charge in [-0.1, -0.05) is 0 Å². The molecule has 0 aromatic heterocycles. The zero-order chi connectivity index (χ0) is 15.9. The Morgan fingerprint density at radius 3 is 2.67 bits per heavy atom. The van der Waals surface area contributed by atoms with Crippen molar-refractivity contribution in [1.29, 1.82) is 5.26 Å². The Morgan fingerprint density at radius 1 is 1.38 bits per heavy atom. The SMILES string of the molecule is COc1ccc([N+](=O)[O-])c(OCCCCC(C)(C)C#N)c1. The molecule has 114 valence electrons. The van der Waals surface area contributed by atoms with E-state index in [0.29, 0.717) is 12.4 Å². The van der Waals surface area contributed by atoms with Crippen LogP contribution in [0.3, 0.4) is 0 Å². The number of hydrogen-bond acceptors (Lipinski definition) is 5. The number of nitrogens with zero attached hydrogens (tertiary/aromatic N) is 2. The Bertz CT molecular complexity index is 535. The number of rotatable bonds is 8. The molecule has 0 fully saturated rings. The van der Waals surface area contributed by atoms with E-state index in [1.807, 2.05) is 13.8 Å². The van der Waals surface area contributed by atoms with Crippen LogP contribution in [0, 0.1) is 26.9 Å². The molecular formula is C15H20N2O4. The fourth-order valence-corrected chi connectivity index (χ4v) is 1.79. The molecule has 21 heavy (non-hydrogen) atoms. The van der Waals surface area contributed by atoms with Crippen molar-refractivity contribution < 1.29 is 14.4 Å². The molecule has 6 heteroatoms. The quantitative estimate of drug-likeness (QED) is 0.414. The molecule has 0 aliphatic heterocycles. The minimum absolute atomic E-state index is 0.0758. The van der Waals surface area contributed by atoms with Crippen molar-refractivity contribution in [2.75, 3.05) is 13.7 Å². The van der Waals surface area contributed by atoms with Gasteiger partial charge in [0.15, 0.2) is 0 Å². The van der Waals surface area contributed by atoms with E-state index in [0.717, 1.165) is 19.3 Å². The standard InChI is InChI=1S/C15H20N2O4/c1-15(2,11-16)8-4-5-9-21-14-10-12(20-3)6-7-13(14)17(18)19/h6-7,10H,4-5,8-9H2,1-3H3. The lowest BCUT2D eigenvalue weighted by Gasteiger charge is -2.14. The van der Waals surface area contributed by atoms with Crippen LogP contribution in [0.15, 0.2) is 18.2 Å². The molecule has 0 saturated carbocycles. The third-order valence-corrected chi connectivity index (χ3v) is 3.12.